The molecule has 0 bridgehead atoms. The Hall–Kier alpha value is -2.56. The molecule has 1 amide bonds. The van der Waals surface area contributed by atoms with Crippen LogP contribution >= 0.6 is 0 Å². The van der Waals surface area contributed by atoms with Crippen molar-refractivity contribution in [3.8, 4) is 0 Å². The fraction of sp³-hybridized carbons (Fsp3) is 0.0769. The zero-order valence-corrected chi connectivity index (χ0v) is 9.73. The van der Waals surface area contributed by atoms with Gasteiger partial charge in [-0.2, -0.15) is 0 Å². The van der Waals surface area contributed by atoms with Gasteiger partial charge in [0.15, 0.2) is 0 Å². The van der Waals surface area contributed by atoms with E-state index in [1.54, 1.807) is 6.20 Å². The highest BCUT2D eigenvalue weighted by atomic mass is 16.5. The van der Waals surface area contributed by atoms with Crippen molar-refractivity contribution in [2.75, 3.05) is 12.4 Å². The maximum absolute atomic E-state index is 11.1. The Kier molecular flexibility index (Phi) is 2.37. The highest BCUT2D eigenvalue weighted by Crippen LogP contribution is 2.26. The molecule has 0 spiro atoms. The number of benzene rings is 1. The van der Waals surface area contributed by atoms with E-state index in [0.717, 1.165) is 21.8 Å². The van der Waals surface area contributed by atoms with Gasteiger partial charge in [0, 0.05) is 16.3 Å². The van der Waals surface area contributed by atoms with Crippen LogP contribution < -0.4 is 5.32 Å². The van der Waals surface area contributed by atoms with Gasteiger partial charge in [0.05, 0.1) is 18.8 Å². The molecular formula is C13H11N3O2. The first kappa shape index (κ1) is 10.6. The van der Waals surface area contributed by atoms with Gasteiger partial charge >= 0.3 is 6.09 Å². The molecule has 0 saturated heterocycles. The Labute approximate surface area is 103 Å². The smallest absolute Gasteiger partial charge is 0.412 e. The summed E-state index contributed by atoms with van der Waals surface area (Å²) in [5.74, 6) is 0.471. The van der Waals surface area contributed by atoms with Gasteiger partial charge in [-0.1, -0.05) is 18.2 Å². The summed E-state index contributed by atoms with van der Waals surface area (Å²) < 4.78 is 4.54. The molecule has 5 nitrogen and oxygen atoms in total. The van der Waals surface area contributed by atoms with Gasteiger partial charge in [-0.05, 0) is 12.1 Å². The predicted molar refractivity (Wildman–Crippen MR) is 69.6 cm³/mol. The summed E-state index contributed by atoms with van der Waals surface area (Å²) in [5, 5.41) is 4.67. The number of nitrogens with zero attached hydrogens (tertiary/aromatic N) is 1. The number of aromatic amines is 1. The number of aromatic nitrogens is 2. The molecule has 5 heteroatoms. The van der Waals surface area contributed by atoms with Gasteiger partial charge in [-0.15, -0.1) is 0 Å². The fourth-order valence-electron chi connectivity index (χ4n) is 1.97. The van der Waals surface area contributed by atoms with E-state index < -0.39 is 6.09 Å². The summed E-state index contributed by atoms with van der Waals surface area (Å²) in [6, 6.07) is 9.80. The molecule has 3 aromatic rings. The van der Waals surface area contributed by atoms with Gasteiger partial charge in [-0.25, -0.2) is 9.78 Å². The first-order valence-electron chi connectivity index (χ1n) is 5.49. The van der Waals surface area contributed by atoms with Crippen LogP contribution in [0.25, 0.3) is 21.8 Å². The van der Waals surface area contributed by atoms with Gasteiger partial charge in [0.25, 0.3) is 0 Å². The lowest BCUT2D eigenvalue weighted by molar-refractivity contribution is 0.187. The number of carbonyl (C=O) groups is 1. The number of ether oxygens (including phenoxy) is 1. The lowest BCUT2D eigenvalue weighted by Crippen LogP contribution is -2.11. The zero-order chi connectivity index (χ0) is 12.5. The Bertz CT molecular complexity index is 733. The number of para-hydroxylation sites is 1. The summed E-state index contributed by atoms with van der Waals surface area (Å²) >= 11 is 0. The maximum Gasteiger partial charge on any atom is 0.412 e. The number of fused-ring (bicyclic) bond motifs is 3. The molecular weight excluding hydrogens is 229 g/mol. The Morgan fingerprint density at radius 2 is 2.11 bits per heavy atom. The van der Waals surface area contributed by atoms with E-state index in [1.807, 2.05) is 30.3 Å². The molecule has 2 heterocycles. The molecule has 0 radical (unpaired) electrons. The molecule has 0 aliphatic carbocycles. The van der Waals surface area contributed by atoms with Crippen LogP contribution in [0.4, 0.5) is 10.6 Å². The van der Waals surface area contributed by atoms with Gasteiger partial charge in [-0.3, -0.25) is 5.32 Å². The summed E-state index contributed by atoms with van der Waals surface area (Å²) in [7, 11) is 1.32. The molecule has 18 heavy (non-hydrogen) atoms. The molecule has 90 valence electrons. The number of methoxy groups -OCH3 is 1. The molecule has 1 aromatic carbocycles. The van der Waals surface area contributed by atoms with E-state index in [2.05, 4.69) is 20.0 Å². The van der Waals surface area contributed by atoms with E-state index in [1.165, 1.54) is 7.11 Å². The number of amides is 1. The average Bonchev–Trinajstić information content (AvgIpc) is 2.77. The first-order valence-corrected chi connectivity index (χ1v) is 5.49. The van der Waals surface area contributed by atoms with Crippen LogP contribution in [0.1, 0.15) is 0 Å². The molecule has 0 aliphatic rings. The molecule has 3 rings (SSSR count). The number of anilines is 1. The minimum absolute atomic E-state index is 0.471. The largest absolute Gasteiger partial charge is 0.453 e. The number of nitrogens with one attached hydrogen (secondary N) is 2. The van der Waals surface area contributed by atoms with Gasteiger partial charge in [0.1, 0.15) is 5.82 Å². The summed E-state index contributed by atoms with van der Waals surface area (Å²) in [5.41, 5.74) is 1.98. The van der Waals surface area contributed by atoms with Gasteiger partial charge in [0.2, 0.25) is 0 Å². The van der Waals surface area contributed by atoms with E-state index in [9.17, 15) is 4.79 Å². The maximum atomic E-state index is 11.1. The second-order valence-electron chi connectivity index (χ2n) is 3.90. The second kappa shape index (κ2) is 4.03. The fourth-order valence-corrected chi connectivity index (χ4v) is 1.97. The number of hydrogen-bond acceptors (Lipinski definition) is 3. The van der Waals surface area contributed by atoms with Crippen LogP contribution in [-0.2, 0) is 4.74 Å². The number of rotatable bonds is 1. The molecule has 0 fully saturated rings. The molecule has 0 aliphatic heterocycles. The third kappa shape index (κ3) is 1.66. The zero-order valence-electron chi connectivity index (χ0n) is 9.73. The van der Waals surface area contributed by atoms with Crippen molar-refractivity contribution in [3.05, 3.63) is 36.5 Å². The highest BCUT2D eigenvalue weighted by Gasteiger charge is 2.07. The number of pyridine rings is 1. The summed E-state index contributed by atoms with van der Waals surface area (Å²) in [6.45, 7) is 0. The van der Waals surface area contributed by atoms with Crippen molar-refractivity contribution in [2.45, 2.75) is 0 Å². The highest BCUT2D eigenvalue weighted by molar-refractivity contribution is 6.08. The Morgan fingerprint density at radius 1 is 1.28 bits per heavy atom. The topological polar surface area (TPSA) is 67.0 Å². The minimum atomic E-state index is -0.526. The normalized spacial score (nSPS) is 10.7. The third-order valence-corrected chi connectivity index (χ3v) is 2.81. The average molecular weight is 240 g/mol. The van der Waals surface area contributed by atoms with Crippen LogP contribution in [0, 0.1) is 0 Å². The SMILES string of the molecule is CO[11C](=O)Nc1cc2c(cn1)[nH]c1ccccc12. The molecule has 2 N–H and O–H groups in total. The first-order chi connectivity index (χ1) is 8.78. The predicted octanol–water partition coefficient (Wildman–Crippen LogP) is 2.89. The van der Waals surface area contributed by atoms with Crippen molar-refractivity contribution in [2.24, 2.45) is 0 Å². The van der Waals surface area contributed by atoms with E-state index in [0.29, 0.717) is 5.82 Å². The van der Waals surface area contributed by atoms with E-state index in [4.69, 9.17) is 0 Å². The quantitative estimate of drug-likeness (QED) is 0.687. The molecule has 0 atom stereocenters. The van der Waals surface area contributed by atoms with Crippen LogP contribution in [0.3, 0.4) is 0 Å². The summed E-state index contributed by atoms with van der Waals surface area (Å²) in [6.07, 6.45) is 1.17. The van der Waals surface area contributed by atoms with Crippen molar-refractivity contribution >= 4 is 33.7 Å². The number of hydrogen-bond donors (Lipinski definition) is 2. The van der Waals surface area contributed by atoms with Gasteiger partial charge < -0.3 is 9.72 Å². The van der Waals surface area contributed by atoms with Crippen molar-refractivity contribution in [3.63, 3.8) is 0 Å². The number of carbonyl (C=O) groups excluding carboxylic acids is 1. The lowest BCUT2D eigenvalue weighted by Gasteiger charge is -2.02. The molecule has 0 saturated carbocycles. The van der Waals surface area contributed by atoms with E-state index >= 15 is 0 Å². The standard InChI is InChI=1S/C13H11N3O2/c1-18-13(17)16-12-6-9-8-4-2-3-5-10(8)15-11(9)7-14-12/h2-7,15H,1H3,(H,14,16,17)/i13-1. The van der Waals surface area contributed by atoms with Crippen LogP contribution in [0.15, 0.2) is 36.5 Å². The van der Waals surface area contributed by atoms with E-state index in [-0.39, 0.29) is 0 Å². The summed E-state index contributed by atoms with van der Waals surface area (Å²) in [4.78, 5) is 18.6. The van der Waals surface area contributed by atoms with Crippen molar-refractivity contribution < 1.29 is 9.53 Å². The van der Waals surface area contributed by atoms with Crippen LogP contribution in [0.5, 0.6) is 0 Å². The third-order valence-electron chi connectivity index (χ3n) is 2.81. The molecule has 0 unspecified atom stereocenters. The van der Waals surface area contributed by atoms with Crippen molar-refractivity contribution in [1.29, 1.82) is 0 Å². The number of H-pyrrole nitrogens is 1. The molecule has 2 aromatic heterocycles. The minimum Gasteiger partial charge on any atom is -0.453 e. The van der Waals surface area contributed by atoms with Crippen molar-refractivity contribution in [1.82, 2.24) is 9.97 Å². The van der Waals surface area contributed by atoms with Crippen LogP contribution in [-0.4, -0.2) is 23.2 Å². The monoisotopic (exact) mass is 240 g/mol. The lowest BCUT2D eigenvalue weighted by atomic mass is 10.2. The Balaban J connectivity index is 2.15. The second-order valence-corrected chi connectivity index (χ2v) is 3.90. The Morgan fingerprint density at radius 3 is 2.94 bits per heavy atom. The van der Waals surface area contributed by atoms with Crippen LogP contribution in [0.2, 0.25) is 0 Å².